The summed E-state index contributed by atoms with van der Waals surface area (Å²) in [5.74, 6) is -0.893. The number of cyclic esters (lactones) is 1. The zero-order valence-electron chi connectivity index (χ0n) is 18.8. The van der Waals surface area contributed by atoms with Crippen molar-refractivity contribution in [3.63, 3.8) is 0 Å². The number of benzene rings is 2. The first kappa shape index (κ1) is 26.3. The third-order valence-electron chi connectivity index (χ3n) is 6.09. The minimum absolute atomic E-state index is 0.117. The van der Waals surface area contributed by atoms with Crippen LogP contribution < -0.4 is 9.38 Å². The molecule has 2 heterocycles. The van der Waals surface area contributed by atoms with Gasteiger partial charge >= 0.3 is 23.2 Å². The maximum absolute atomic E-state index is 15.4. The fourth-order valence-corrected chi connectivity index (χ4v) is 5.25. The second-order valence-electron chi connectivity index (χ2n) is 8.14. The van der Waals surface area contributed by atoms with Gasteiger partial charge in [-0.05, 0) is 12.1 Å². The summed E-state index contributed by atoms with van der Waals surface area (Å²) in [7, 11) is -5.58. The average molecular weight is 542 g/mol. The molecule has 0 saturated carbocycles. The Hall–Kier alpha value is -3.77. The van der Waals surface area contributed by atoms with Crippen LogP contribution in [0.2, 0.25) is 0 Å². The number of rotatable bonds is 7. The smallest absolute Gasteiger partial charge is 0.527 e. The first-order valence-electron chi connectivity index (χ1n) is 10.7. The fourth-order valence-electron chi connectivity index (χ4n) is 4.61. The lowest BCUT2D eigenvalue weighted by atomic mass is 10.1. The van der Waals surface area contributed by atoms with E-state index in [1.807, 2.05) is 0 Å². The third kappa shape index (κ3) is 4.36. The molecule has 2 aliphatic heterocycles. The Bertz CT molecular complexity index is 1400. The number of hydrogen-bond acceptors (Lipinski definition) is 12. The highest BCUT2D eigenvalue weighted by molar-refractivity contribution is 7.86. The van der Waals surface area contributed by atoms with E-state index in [1.54, 1.807) is 0 Å². The minimum atomic E-state index is -5.58. The first-order chi connectivity index (χ1) is 17.4. The van der Waals surface area contributed by atoms with Gasteiger partial charge in [0.15, 0.2) is 17.6 Å². The number of halogens is 1. The summed E-state index contributed by atoms with van der Waals surface area (Å²) in [6.07, 6.45) is -2.74. The molecule has 198 valence electrons. The van der Waals surface area contributed by atoms with Gasteiger partial charge in [0.2, 0.25) is 0 Å². The standard InChI is InChI=1S/C20H19FN4O11S/c21-13-2-1-3-15(17(13)22-6-8-35-9-7-22)25(10-12(11-26)36-20(25)27)19-14(23(28)29)4-5-16(37(32,33)34)18(19)24(30)31/h1-5,12,26H,6-11H2/t12?,25-/m1/s1. The Morgan fingerprint density at radius 2 is 1.81 bits per heavy atom. The van der Waals surface area contributed by atoms with Gasteiger partial charge in [-0.2, -0.15) is 4.79 Å². The number of amides is 1. The number of morpholine rings is 1. The lowest BCUT2D eigenvalue weighted by Crippen LogP contribution is -2.48. The lowest BCUT2D eigenvalue weighted by molar-refractivity contribution is -0.395. The van der Waals surface area contributed by atoms with Gasteiger partial charge in [0, 0.05) is 25.2 Å². The second kappa shape index (κ2) is 9.60. The molecule has 1 N–H and O–H groups in total. The summed E-state index contributed by atoms with van der Waals surface area (Å²) >= 11 is 0. The fraction of sp³-hybridized carbons (Fsp3) is 0.350. The molecule has 15 nitrogen and oxygen atoms in total. The van der Waals surface area contributed by atoms with Gasteiger partial charge in [0.05, 0.1) is 29.7 Å². The van der Waals surface area contributed by atoms with Crippen molar-refractivity contribution in [1.82, 2.24) is 4.48 Å². The summed E-state index contributed by atoms with van der Waals surface area (Å²) in [5, 5.41) is 33.9. The van der Waals surface area contributed by atoms with Crippen LogP contribution in [-0.2, 0) is 19.6 Å². The Kier molecular flexibility index (Phi) is 6.82. The third-order valence-corrected chi connectivity index (χ3v) is 6.96. The number of carbonyl (C=O) groups is 1. The minimum Gasteiger partial charge on any atom is -0.744 e. The normalized spacial score (nSPS) is 22.1. The second-order valence-corrected chi connectivity index (χ2v) is 9.48. The molecule has 1 amide bonds. The Labute approximate surface area is 207 Å². The van der Waals surface area contributed by atoms with E-state index in [1.165, 1.54) is 11.0 Å². The number of quaternary nitrogens is 1. The molecule has 1 unspecified atom stereocenters. The molecular weight excluding hydrogens is 523 g/mol. The number of para-hydroxylation sites is 1. The molecule has 0 aromatic heterocycles. The van der Waals surface area contributed by atoms with Gasteiger partial charge in [0.1, 0.15) is 27.2 Å². The van der Waals surface area contributed by atoms with E-state index in [0.29, 0.717) is 12.1 Å². The molecule has 4 rings (SSSR count). The van der Waals surface area contributed by atoms with Gasteiger partial charge < -0.3 is 24.0 Å². The number of anilines is 1. The largest absolute Gasteiger partial charge is 0.744 e. The van der Waals surface area contributed by atoms with Crippen LogP contribution in [0.5, 0.6) is 0 Å². The number of nitro benzene ring substituents is 2. The number of aliphatic hydroxyl groups is 1. The lowest BCUT2D eigenvalue weighted by Gasteiger charge is -2.34. The zero-order chi connectivity index (χ0) is 27.1. The van der Waals surface area contributed by atoms with Gasteiger partial charge in [-0.3, -0.25) is 20.2 Å². The summed E-state index contributed by atoms with van der Waals surface area (Å²) in [6, 6.07) is 4.32. The average Bonchev–Trinajstić information content (AvgIpc) is 3.19. The molecule has 2 aromatic carbocycles. The monoisotopic (exact) mass is 542 g/mol. The van der Waals surface area contributed by atoms with E-state index in [2.05, 4.69) is 0 Å². The molecule has 2 aliphatic rings. The van der Waals surface area contributed by atoms with Crippen LogP contribution in [0.1, 0.15) is 0 Å². The zero-order valence-corrected chi connectivity index (χ0v) is 19.6. The molecule has 2 aromatic rings. The molecule has 0 spiro atoms. The van der Waals surface area contributed by atoms with E-state index in [-0.39, 0.29) is 37.7 Å². The Morgan fingerprint density at radius 1 is 1.14 bits per heavy atom. The molecule has 37 heavy (non-hydrogen) atoms. The van der Waals surface area contributed by atoms with Crippen molar-refractivity contribution < 1.29 is 46.6 Å². The number of hydrogen-bond donors (Lipinski definition) is 1. The SMILES string of the molecule is O=C1OC(CO)C[N@@+]1(c1cccc(F)c1N1CCOCC1)c1c([N+](=O)[O-])ccc(S(=O)(=O)[O-])c1[N+](=O)[O-]. The van der Waals surface area contributed by atoms with E-state index >= 15 is 4.39 Å². The molecule has 2 saturated heterocycles. The maximum atomic E-state index is 15.4. The van der Waals surface area contributed by atoms with E-state index in [0.717, 1.165) is 12.1 Å². The van der Waals surface area contributed by atoms with Crippen molar-refractivity contribution in [3.8, 4) is 0 Å². The van der Waals surface area contributed by atoms with Crippen LogP contribution >= 0.6 is 0 Å². The molecule has 2 fully saturated rings. The van der Waals surface area contributed by atoms with Crippen LogP contribution in [0.15, 0.2) is 35.2 Å². The molecule has 2 atom stereocenters. The number of nitrogens with zero attached hydrogens (tertiary/aromatic N) is 4. The summed E-state index contributed by atoms with van der Waals surface area (Å²) < 4.78 is 60.1. The predicted molar refractivity (Wildman–Crippen MR) is 121 cm³/mol. The van der Waals surface area contributed by atoms with Crippen LogP contribution in [0.4, 0.5) is 37.6 Å². The maximum Gasteiger partial charge on any atom is 0.527 e. The van der Waals surface area contributed by atoms with Crippen molar-refractivity contribution in [1.29, 1.82) is 0 Å². The quantitative estimate of drug-likeness (QED) is 0.229. The van der Waals surface area contributed by atoms with E-state index in [4.69, 9.17) is 9.47 Å². The highest BCUT2D eigenvalue weighted by atomic mass is 32.2. The molecule has 0 aliphatic carbocycles. The molecular formula is C20H19FN4O11S. The Balaban J connectivity index is 2.20. The van der Waals surface area contributed by atoms with Crippen molar-refractivity contribution in [2.24, 2.45) is 0 Å². The van der Waals surface area contributed by atoms with Crippen LogP contribution in [0.25, 0.3) is 0 Å². The number of aliphatic hydroxyl groups excluding tert-OH is 1. The first-order valence-corrected chi connectivity index (χ1v) is 12.1. The van der Waals surface area contributed by atoms with Crippen molar-refractivity contribution >= 4 is 44.6 Å². The van der Waals surface area contributed by atoms with E-state index < -0.39 is 77.6 Å². The molecule has 17 heteroatoms. The molecule has 0 radical (unpaired) electrons. The number of carbonyl (C=O) groups excluding carboxylic acids is 1. The number of nitro groups is 2. The van der Waals surface area contributed by atoms with Crippen LogP contribution in [0, 0.1) is 26.0 Å². The highest BCUT2D eigenvalue weighted by Crippen LogP contribution is 2.54. The van der Waals surface area contributed by atoms with Gasteiger partial charge in [-0.15, -0.1) is 4.48 Å². The van der Waals surface area contributed by atoms with Crippen molar-refractivity contribution in [2.75, 3.05) is 44.4 Å². The number of ether oxygens (including phenoxy) is 2. The van der Waals surface area contributed by atoms with Gasteiger partial charge in [-0.25, -0.2) is 12.8 Å². The van der Waals surface area contributed by atoms with Gasteiger partial charge in [-0.1, -0.05) is 6.07 Å². The van der Waals surface area contributed by atoms with Crippen molar-refractivity contribution in [3.05, 3.63) is 56.4 Å². The predicted octanol–water partition coefficient (Wildman–Crippen LogP) is 1.53. The highest BCUT2D eigenvalue weighted by Gasteiger charge is 2.61. The van der Waals surface area contributed by atoms with Crippen molar-refractivity contribution in [2.45, 2.75) is 11.0 Å². The molecule has 0 bridgehead atoms. The topological polar surface area (TPSA) is 202 Å². The van der Waals surface area contributed by atoms with Crippen LogP contribution in [0.3, 0.4) is 0 Å². The Morgan fingerprint density at radius 3 is 2.35 bits per heavy atom. The van der Waals surface area contributed by atoms with Crippen LogP contribution in [-0.4, -0.2) is 79.6 Å². The summed E-state index contributed by atoms with van der Waals surface area (Å²) in [5.41, 5.74) is -4.36. The summed E-state index contributed by atoms with van der Waals surface area (Å²) in [6.45, 7) is -0.976. The van der Waals surface area contributed by atoms with Gasteiger partial charge in [0.25, 0.3) is 0 Å². The van der Waals surface area contributed by atoms with E-state index in [9.17, 15) is 43.1 Å². The summed E-state index contributed by atoms with van der Waals surface area (Å²) in [4.78, 5) is 35.3.